The predicted octanol–water partition coefficient (Wildman–Crippen LogP) is 3.53. The Morgan fingerprint density at radius 1 is 1.29 bits per heavy atom. The first-order chi connectivity index (χ1) is 14.9. The number of pyridine rings is 1. The van der Waals surface area contributed by atoms with Crippen molar-refractivity contribution in [2.45, 2.75) is 57.6 Å². The third-order valence-corrected chi connectivity index (χ3v) is 5.93. The van der Waals surface area contributed by atoms with Gasteiger partial charge in [-0.2, -0.15) is 9.83 Å². The number of carbonyl (C=O) groups excluding carboxylic acids is 1. The van der Waals surface area contributed by atoms with Crippen molar-refractivity contribution in [3.63, 3.8) is 0 Å². The van der Waals surface area contributed by atoms with Crippen LogP contribution in [0.5, 0.6) is 5.75 Å². The van der Waals surface area contributed by atoms with Crippen molar-refractivity contribution in [3.8, 4) is 5.75 Å². The van der Waals surface area contributed by atoms with E-state index < -0.39 is 5.91 Å². The van der Waals surface area contributed by atoms with Crippen LogP contribution in [0.3, 0.4) is 0 Å². The van der Waals surface area contributed by atoms with Crippen molar-refractivity contribution < 1.29 is 19.4 Å². The summed E-state index contributed by atoms with van der Waals surface area (Å²) in [5.74, 6) is -0.0192. The molecule has 0 unspecified atom stereocenters. The van der Waals surface area contributed by atoms with E-state index in [0.29, 0.717) is 21.9 Å². The van der Waals surface area contributed by atoms with Crippen LogP contribution in [-0.2, 0) is 0 Å². The summed E-state index contributed by atoms with van der Waals surface area (Å²) in [6.07, 6.45) is 5.05. The number of hydrogen-bond donors (Lipinski definition) is 2. The molecule has 1 aliphatic rings. The number of fused-ring (bicyclic) bond motifs is 1. The van der Waals surface area contributed by atoms with E-state index in [2.05, 4.69) is 10.4 Å². The lowest BCUT2D eigenvalue weighted by molar-refractivity contribution is -0.617. The van der Waals surface area contributed by atoms with Crippen LogP contribution in [0.4, 0.5) is 5.69 Å². The molecule has 2 N–H and O–H groups in total. The van der Waals surface area contributed by atoms with Crippen LogP contribution >= 0.6 is 0 Å². The van der Waals surface area contributed by atoms with E-state index in [0.717, 1.165) is 36.6 Å². The number of hydrogen-bond acceptors (Lipinski definition) is 5. The number of aromatic nitrogens is 3. The number of carbonyl (C=O) groups is 1. The number of methoxy groups -OCH3 is 1. The van der Waals surface area contributed by atoms with Crippen molar-refractivity contribution >= 4 is 22.5 Å². The smallest absolute Gasteiger partial charge is 0.321 e. The Hall–Kier alpha value is -3.13. The zero-order valence-electron chi connectivity index (χ0n) is 18.0. The minimum absolute atomic E-state index is 0.00266. The zero-order chi connectivity index (χ0) is 22.1. The maximum atomic E-state index is 12.9. The number of nitrogens with one attached hydrogen (secondary N) is 1. The standard InChI is InChI=1S/C23H28N4O4/c1-14(2)20-5-4-6-21(27(20)30)23(29)24-19-11-15-13-26(16-7-9-17(28)10-8-16)25-18(15)12-22(19)31-3/h4-6,11-14,16-17,28H,7-10H2,1-3H3,(H,24,29). The monoisotopic (exact) mass is 424 g/mol. The fourth-order valence-electron chi connectivity index (χ4n) is 4.14. The summed E-state index contributed by atoms with van der Waals surface area (Å²) >= 11 is 0. The summed E-state index contributed by atoms with van der Waals surface area (Å²) < 4.78 is 8.09. The molecule has 0 aliphatic heterocycles. The zero-order valence-corrected chi connectivity index (χ0v) is 18.0. The molecule has 0 radical (unpaired) electrons. The number of benzene rings is 1. The molecule has 8 nitrogen and oxygen atoms in total. The molecule has 164 valence electrons. The first-order valence-electron chi connectivity index (χ1n) is 10.7. The molecule has 4 rings (SSSR count). The number of aliphatic hydroxyl groups is 1. The van der Waals surface area contributed by atoms with Gasteiger partial charge in [-0.15, -0.1) is 0 Å². The largest absolute Gasteiger partial charge is 0.618 e. The molecule has 1 aromatic carbocycles. The van der Waals surface area contributed by atoms with Crippen molar-refractivity contribution in [2.75, 3.05) is 12.4 Å². The van der Waals surface area contributed by atoms with Gasteiger partial charge in [-0.3, -0.25) is 9.48 Å². The normalized spacial score (nSPS) is 19.0. The Morgan fingerprint density at radius 3 is 2.71 bits per heavy atom. The first kappa shape index (κ1) is 21.1. The predicted molar refractivity (Wildman–Crippen MR) is 117 cm³/mol. The Balaban J connectivity index is 1.63. The van der Waals surface area contributed by atoms with Gasteiger partial charge in [-0.25, -0.2) is 0 Å². The molecule has 1 saturated carbocycles. The number of amides is 1. The number of ether oxygens (including phenoxy) is 1. The van der Waals surface area contributed by atoms with Crippen LogP contribution in [0.25, 0.3) is 10.9 Å². The summed E-state index contributed by atoms with van der Waals surface area (Å²) in [4.78, 5) is 12.9. The first-order valence-corrected chi connectivity index (χ1v) is 10.7. The Bertz CT molecular complexity index is 1100. The molecule has 3 aromatic rings. The molecule has 31 heavy (non-hydrogen) atoms. The van der Waals surface area contributed by atoms with Gasteiger partial charge in [0.1, 0.15) is 5.75 Å². The second kappa shape index (κ2) is 8.55. The average Bonchev–Trinajstić information content (AvgIpc) is 3.16. The maximum Gasteiger partial charge on any atom is 0.321 e. The van der Waals surface area contributed by atoms with Crippen molar-refractivity contribution in [1.29, 1.82) is 0 Å². The van der Waals surface area contributed by atoms with E-state index in [1.807, 2.05) is 30.8 Å². The molecular formula is C23H28N4O4. The van der Waals surface area contributed by atoms with Gasteiger partial charge in [0.25, 0.3) is 5.69 Å². The molecular weight excluding hydrogens is 396 g/mol. The summed E-state index contributed by atoms with van der Waals surface area (Å²) in [6, 6.07) is 8.79. The topological polar surface area (TPSA) is 103 Å². The maximum absolute atomic E-state index is 12.9. The van der Waals surface area contributed by atoms with E-state index in [9.17, 15) is 15.1 Å². The van der Waals surface area contributed by atoms with Gasteiger partial charge in [0.05, 0.1) is 30.5 Å². The number of anilines is 1. The molecule has 0 bridgehead atoms. The van der Waals surface area contributed by atoms with Gasteiger partial charge in [0, 0.05) is 35.7 Å². The second-order valence-electron chi connectivity index (χ2n) is 8.42. The third kappa shape index (κ3) is 4.20. The molecule has 2 heterocycles. The van der Waals surface area contributed by atoms with Gasteiger partial charge < -0.3 is 20.4 Å². The summed E-state index contributed by atoms with van der Waals surface area (Å²) in [6.45, 7) is 3.82. The van der Waals surface area contributed by atoms with Gasteiger partial charge in [0.2, 0.25) is 0 Å². The highest BCUT2D eigenvalue weighted by Crippen LogP contribution is 2.33. The second-order valence-corrected chi connectivity index (χ2v) is 8.42. The van der Waals surface area contributed by atoms with Gasteiger partial charge in [-0.05, 0) is 37.8 Å². The van der Waals surface area contributed by atoms with Gasteiger partial charge >= 0.3 is 5.91 Å². The van der Waals surface area contributed by atoms with Gasteiger partial charge in [0.15, 0.2) is 5.69 Å². The van der Waals surface area contributed by atoms with E-state index in [1.165, 1.54) is 13.2 Å². The number of aliphatic hydroxyl groups excluding tert-OH is 1. The lowest BCUT2D eigenvalue weighted by atomic mass is 9.93. The van der Waals surface area contributed by atoms with E-state index in [1.54, 1.807) is 18.2 Å². The van der Waals surface area contributed by atoms with Crippen molar-refractivity contribution in [1.82, 2.24) is 9.78 Å². The molecule has 1 fully saturated rings. The van der Waals surface area contributed by atoms with E-state index >= 15 is 0 Å². The molecule has 0 atom stereocenters. The average molecular weight is 425 g/mol. The van der Waals surface area contributed by atoms with E-state index in [4.69, 9.17) is 4.74 Å². The highest BCUT2D eigenvalue weighted by molar-refractivity contribution is 6.04. The Morgan fingerprint density at radius 2 is 2.03 bits per heavy atom. The Labute approximate surface area is 181 Å². The lowest BCUT2D eigenvalue weighted by Gasteiger charge is -2.25. The molecule has 1 aliphatic carbocycles. The molecule has 1 amide bonds. The fraction of sp³-hybridized carbons (Fsp3) is 0.435. The molecule has 2 aromatic heterocycles. The molecule has 8 heteroatoms. The van der Waals surface area contributed by atoms with E-state index in [-0.39, 0.29) is 23.8 Å². The molecule has 0 saturated heterocycles. The van der Waals surface area contributed by atoms with Crippen LogP contribution < -0.4 is 14.8 Å². The van der Waals surface area contributed by atoms with Crippen LogP contribution in [0.1, 0.15) is 67.7 Å². The van der Waals surface area contributed by atoms with Crippen LogP contribution in [0, 0.1) is 5.21 Å². The number of rotatable bonds is 5. The minimum Gasteiger partial charge on any atom is -0.618 e. The number of nitrogens with zero attached hydrogens (tertiary/aromatic N) is 3. The van der Waals surface area contributed by atoms with Crippen LogP contribution in [-0.4, -0.2) is 34.0 Å². The van der Waals surface area contributed by atoms with Crippen molar-refractivity contribution in [3.05, 3.63) is 53.1 Å². The minimum atomic E-state index is -0.496. The summed E-state index contributed by atoms with van der Waals surface area (Å²) in [5.41, 5.74) is 1.81. The SMILES string of the molecule is COc1cc2nn(C3CCC(O)CC3)cc2cc1NC(=O)c1cccc(C(C)C)[n+]1[O-]. The lowest BCUT2D eigenvalue weighted by Crippen LogP contribution is -2.41. The highest BCUT2D eigenvalue weighted by atomic mass is 16.5. The van der Waals surface area contributed by atoms with Crippen LogP contribution in [0.2, 0.25) is 0 Å². The van der Waals surface area contributed by atoms with Crippen LogP contribution in [0.15, 0.2) is 36.5 Å². The quantitative estimate of drug-likeness (QED) is 0.482. The third-order valence-electron chi connectivity index (χ3n) is 5.93. The van der Waals surface area contributed by atoms with Crippen molar-refractivity contribution in [2.24, 2.45) is 0 Å². The summed E-state index contributed by atoms with van der Waals surface area (Å²) in [7, 11) is 1.53. The fourth-order valence-corrected chi connectivity index (χ4v) is 4.14. The summed E-state index contributed by atoms with van der Waals surface area (Å²) in [5, 5.41) is 30.7. The Kier molecular flexibility index (Phi) is 5.82. The van der Waals surface area contributed by atoms with Gasteiger partial charge in [-0.1, -0.05) is 13.8 Å². The molecule has 0 spiro atoms. The highest BCUT2D eigenvalue weighted by Gasteiger charge is 2.24.